The number of aliphatic carboxylic acids is 1. The first-order valence-electron chi connectivity index (χ1n) is 7.90. The second-order valence-electron chi connectivity index (χ2n) is 5.63. The molecule has 2 rings (SSSR count). The number of methoxy groups -OCH3 is 2. The number of carboxylic acids is 1. The Labute approximate surface area is 146 Å². The van der Waals surface area contributed by atoms with Crippen LogP contribution in [-0.4, -0.2) is 54.9 Å². The summed E-state index contributed by atoms with van der Waals surface area (Å²) < 4.78 is 10.5. The van der Waals surface area contributed by atoms with Crippen molar-refractivity contribution in [1.29, 1.82) is 0 Å². The van der Waals surface area contributed by atoms with E-state index in [0.717, 1.165) is 11.3 Å². The molecule has 1 N–H and O–H groups in total. The summed E-state index contributed by atoms with van der Waals surface area (Å²) in [5, 5.41) is 9.09. The van der Waals surface area contributed by atoms with Crippen LogP contribution >= 0.6 is 11.8 Å². The van der Waals surface area contributed by atoms with Crippen LogP contribution in [0.5, 0.6) is 11.5 Å². The summed E-state index contributed by atoms with van der Waals surface area (Å²) in [6, 6.07) is 5.65. The van der Waals surface area contributed by atoms with E-state index < -0.39 is 11.9 Å². The van der Waals surface area contributed by atoms with Crippen molar-refractivity contribution in [3.8, 4) is 11.5 Å². The Morgan fingerprint density at radius 3 is 2.71 bits per heavy atom. The van der Waals surface area contributed by atoms with Gasteiger partial charge in [-0.1, -0.05) is 0 Å². The van der Waals surface area contributed by atoms with Crippen LogP contribution in [0.25, 0.3) is 0 Å². The molecule has 1 saturated heterocycles. The molecular formula is C17H23NO5S. The van der Waals surface area contributed by atoms with Gasteiger partial charge < -0.3 is 19.5 Å². The first-order valence-corrected chi connectivity index (χ1v) is 8.89. The smallest absolute Gasteiger partial charge is 0.308 e. The SMILES string of the molecule is COc1ccc(SCCC(=O)N2CCCC(C(=O)O)C2)cc1OC. The average molecular weight is 353 g/mol. The highest BCUT2D eigenvalue weighted by molar-refractivity contribution is 7.99. The fourth-order valence-corrected chi connectivity index (χ4v) is 3.59. The number of hydrogen-bond acceptors (Lipinski definition) is 5. The molecule has 1 atom stereocenters. The quantitative estimate of drug-likeness (QED) is 0.759. The molecular weight excluding hydrogens is 330 g/mol. The summed E-state index contributed by atoms with van der Waals surface area (Å²) >= 11 is 1.57. The summed E-state index contributed by atoms with van der Waals surface area (Å²) in [6.45, 7) is 0.985. The molecule has 132 valence electrons. The van der Waals surface area contributed by atoms with Gasteiger partial charge in [0, 0.05) is 30.2 Å². The Balaban J connectivity index is 1.83. The van der Waals surface area contributed by atoms with Gasteiger partial charge in [-0.15, -0.1) is 11.8 Å². The van der Waals surface area contributed by atoms with Crippen molar-refractivity contribution < 1.29 is 24.2 Å². The van der Waals surface area contributed by atoms with Crippen molar-refractivity contribution in [2.24, 2.45) is 5.92 Å². The van der Waals surface area contributed by atoms with Crippen molar-refractivity contribution in [1.82, 2.24) is 4.90 Å². The fraction of sp³-hybridized carbons (Fsp3) is 0.529. The first kappa shape index (κ1) is 18.4. The maximum Gasteiger partial charge on any atom is 0.308 e. The van der Waals surface area contributed by atoms with Crippen LogP contribution in [0.3, 0.4) is 0 Å². The number of ether oxygens (including phenoxy) is 2. The molecule has 7 heteroatoms. The number of carbonyl (C=O) groups excluding carboxylic acids is 1. The van der Waals surface area contributed by atoms with E-state index in [2.05, 4.69) is 0 Å². The van der Waals surface area contributed by atoms with Gasteiger partial charge in [0.15, 0.2) is 11.5 Å². The first-order chi connectivity index (χ1) is 11.5. The number of carbonyl (C=O) groups is 2. The monoisotopic (exact) mass is 353 g/mol. The molecule has 1 amide bonds. The standard InChI is InChI=1S/C17H23NO5S/c1-22-14-6-5-13(10-15(14)23-2)24-9-7-16(19)18-8-3-4-12(11-18)17(20)21/h5-6,10,12H,3-4,7-9,11H2,1-2H3,(H,20,21). The van der Waals surface area contributed by atoms with Crippen LogP contribution in [0, 0.1) is 5.92 Å². The molecule has 0 spiro atoms. The Morgan fingerprint density at radius 1 is 1.29 bits per heavy atom. The van der Waals surface area contributed by atoms with Crippen LogP contribution < -0.4 is 9.47 Å². The number of amides is 1. The van der Waals surface area contributed by atoms with Crippen molar-refractivity contribution in [3.05, 3.63) is 18.2 Å². The summed E-state index contributed by atoms with van der Waals surface area (Å²) in [5.74, 6) is 0.755. The highest BCUT2D eigenvalue weighted by atomic mass is 32.2. The zero-order chi connectivity index (χ0) is 17.5. The summed E-state index contributed by atoms with van der Waals surface area (Å²) in [4.78, 5) is 26.0. The lowest BCUT2D eigenvalue weighted by atomic mass is 9.98. The summed E-state index contributed by atoms with van der Waals surface area (Å²) in [6.07, 6.45) is 1.80. The number of thioether (sulfide) groups is 1. The van der Waals surface area contributed by atoms with Gasteiger partial charge in [-0.2, -0.15) is 0 Å². The van der Waals surface area contributed by atoms with E-state index in [1.807, 2.05) is 18.2 Å². The molecule has 24 heavy (non-hydrogen) atoms. The second kappa shape index (κ2) is 8.82. The number of hydrogen-bond donors (Lipinski definition) is 1. The van der Waals surface area contributed by atoms with Crippen LogP contribution in [0.4, 0.5) is 0 Å². The maximum absolute atomic E-state index is 12.3. The van der Waals surface area contributed by atoms with Crippen molar-refractivity contribution in [2.45, 2.75) is 24.2 Å². The van der Waals surface area contributed by atoms with Gasteiger partial charge in [0.1, 0.15) is 0 Å². The molecule has 1 aromatic carbocycles. The molecule has 1 aromatic rings. The van der Waals surface area contributed by atoms with Crippen LogP contribution in [0.2, 0.25) is 0 Å². The van der Waals surface area contributed by atoms with Gasteiger partial charge in [0.05, 0.1) is 20.1 Å². The molecule has 1 fully saturated rings. The van der Waals surface area contributed by atoms with Crippen LogP contribution in [-0.2, 0) is 9.59 Å². The summed E-state index contributed by atoms with van der Waals surface area (Å²) in [5.41, 5.74) is 0. The third-order valence-corrected chi connectivity index (χ3v) is 5.06. The van der Waals surface area contributed by atoms with E-state index in [-0.39, 0.29) is 5.91 Å². The number of benzene rings is 1. The predicted molar refractivity (Wildman–Crippen MR) is 91.8 cm³/mol. The molecule has 6 nitrogen and oxygen atoms in total. The molecule has 1 heterocycles. The molecule has 0 bridgehead atoms. The average Bonchev–Trinajstić information content (AvgIpc) is 2.61. The summed E-state index contributed by atoms with van der Waals surface area (Å²) in [7, 11) is 3.18. The zero-order valence-electron chi connectivity index (χ0n) is 14.0. The number of carboxylic acid groups (broad SMARTS) is 1. The van der Waals surface area contributed by atoms with Gasteiger partial charge in [-0.3, -0.25) is 9.59 Å². The van der Waals surface area contributed by atoms with Crippen LogP contribution in [0.1, 0.15) is 19.3 Å². The molecule has 0 aromatic heterocycles. The van der Waals surface area contributed by atoms with Gasteiger partial charge in [0.25, 0.3) is 0 Å². The normalized spacial score (nSPS) is 17.4. The third-order valence-electron chi connectivity index (χ3n) is 4.06. The molecule has 0 aliphatic carbocycles. The van der Waals surface area contributed by atoms with Gasteiger partial charge in [-0.05, 0) is 31.0 Å². The maximum atomic E-state index is 12.3. The molecule has 1 aliphatic rings. The Morgan fingerprint density at radius 2 is 2.04 bits per heavy atom. The number of rotatable bonds is 7. The molecule has 1 unspecified atom stereocenters. The lowest BCUT2D eigenvalue weighted by molar-refractivity contribution is -0.145. The number of nitrogens with zero attached hydrogens (tertiary/aromatic N) is 1. The number of likely N-dealkylation sites (tertiary alicyclic amines) is 1. The van der Waals surface area contributed by atoms with E-state index in [9.17, 15) is 9.59 Å². The van der Waals surface area contributed by atoms with Crippen LogP contribution in [0.15, 0.2) is 23.1 Å². The minimum Gasteiger partial charge on any atom is -0.493 e. The largest absolute Gasteiger partial charge is 0.493 e. The van der Waals surface area contributed by atoms with E-state index in [1.54, 1.807) is 30.9 Å². The minimum absolute atomic E-state index is 0.0222. The highest BCUT2D eigenvalue weighted by Crippen LogP contribution is 2.32. The third kappa shape index (κ3) is 4.80. The molecule has 0 radical (unpaired) electrons. The molecule has 0 saturated carbocycles. The van der Waals surface area contributed by atoms with Gasteiger partial charge >= 0.3 is 5.97 Å². The number of piperidine rings is 1. The zero-order valence-corrected chi connectivity index (χ0v) is 14.8. The fourth-order valence-electron chi connectivity index (χ4n) is 2.73. The molecule has 1 aliphatic heterocycles. The van der Waals surface area contributed by atoms with E-state index in [0.29, 0.717) is 43.2 Å². The lowest BCUT2D eigenvalue weighted by Gasteiger charge is -2.30. The van der Waals surface area contributed by atoms with E-state index in [1.165, 1.54) is 0 Å². The predicted octanol–water partition coefficient (Wildman–Crippen LogP) is 2.51. The minimum atomic E-state index is -0.813. The lowest BCUT2D eigenvalue weighted by Crippen LogP contribution is -2.42. The van der Waals surface area contributed by atoms with Gasteiger partial charge in [0.2, 0.25) is 5.91 Å². The Hall–Kier alpha value is -1.89. The Kier molecular flexibility index (Phi) is 6.78. The van der Waals surface area contributed by atoms with Crippen molar-refractivity contribution >= 4 is 23.6 Å². The van der Waals surface area contributed by atoms with Crippen molar-refractivity contribution in [2.75, 3.05) is 33.1 Å². The van der Waals surface area contributed by atoms with Crippen molar-refractivity contribution in [3.63, 3.8) is 0 Å². The van der Waals surface area contributed by atoms with E-state index in [4.69, 9.17) is 14.6 Å². The topological polar surface area (TPSA) is 76.1 Å². The Bertz CT molecular complexity index is 592. The van der Waals surface area contributed by atoms with E-state index >= 15 is 0 Å². The van der Waals surface area contributed by atoms with Gasteiger partial charge in [-0.25, -0.2) is 0 Å². The highest BCUT2D eigenvalue weighted by Gasteiger charge is 2.27. The second-order valence-corrected chi connectivity index (χ2v) is 6.80.